The van der Waals surface area contributed by atoms with Gasteiger partial charge in [0.2, 0.25) is 0 Å². The highest BCUT2D eigenvalue weighted by Gasteiger charge is 2.01. The van der Waals surface area contributed by atoms with E-state index in [1.54, 1.807) is 19.4 Å². The van der Waals surface area contributed by atoms with Gasteiger partial charge >= 0.3 is 11.1 Å². The lowest BCUT2D eigenvalue weighted by Gasteiger charge is -2.07. The van der Waals surface area contributed by atoms with Gasteiger partial charge in [0, 0.05) is 32.5 Å². The van der Waals surface area contributed by atoms with Gasteiger partial charge < -0.3 is 14.5 Å². The standard InChI is InChI=1S/C12H21N3O2/c1-3-4-5-6-13-7-8-15-10-9-14(2)11(16)12(15)17/h9-10,13H,3-8H2,1-2H3. The summed E-state index contributed by atoms with van der Waals surface area (Å²) in [6.45, 7) is 4.39. The van der Waals surface area contributed by atoms with Crippen molar-refractivity contribution >= 4 is 0 Å². The monoisotopic (exact) mass is 239 g/mol. The van der Waals surface area contributed by atoms with E-state index >= 15 is 0 Å². The third-order valence-corrected chi connectivity index (χ3v) is 2.72. The molecular formula is C12H21N3O2. The van der Waals surface area contributed by atoms with Crippen LogP contribution in [-0.4, -0.2) is 22.2 Å². The highest BCUT2D eigenvalue weighted by molar-refractivity contribution is 4.84. The van der Waals surface area contributed by atoms with E-state index in [2.05, 4.69) is 12.2 Å². The first-order valence-corrected chi connectivity index (χ1v) is 6.13. The molecule has 1 rings (SSSR count). The highest BCUT2D eigenvalue weighted by Crippen LogP contribution is 1.90. The first-order chi connectivity index (χ1) is 8.16. The molecule has 1 aromatic heterocycles. The Morgan fingerprint density at radius 3 is 2.59 bits per heavy atom. The van der Waals surface area contributed by atoms with Crippen LogP contribution >= 0.6 is 0 Å². The lowest BCUT2D eigenvalue weighted by molar-refractivity contribution is 0.553. The van der Waals surface area contributed by atoms with Crippen molar-refractivity contribution in [1.82, 2.24) is 14.5 Å². The molecule has 0 atom stereocenters. The van der Waals surface area contributed by atoms with Crippen molar-refractivity contribution in [3.63, 3.8) is 0 Å². The molecule has 0 aliphatic rings. The molecule has 0 bridgehead atoms. The van der Waals surface area contributed by atoms with Gasteiger partial charge in [0.25, 0.3) is 0 Å². The van der Waals surface area contributed by atoms with E-state index in [0.717, 1.165) is 19.5 Å². The average Bonchev–Trinajstić information content (AvgIpc) is 2.33. The van der Waals surface area contributed by atoms with Gasteiger partial charge in [-0.05, 0) is 13.0 Å². The van der Waals surface area contributed by atoms with Crippen molar-refractivity contribution in [3.8, 4) is 0 Å². The second-order valence-electron chi connectivity index (χ2n) is 4.17. The minimum absolute atomic E-state index is 0.453. The Labute approximate surface area is 101 Å². The second-order valence-corrected chi connectivity index (χ2v) is 4.17. The van der Waals surface area contributed by atoms with Gasteiger partial charge in [0.1, 0.15) is 0 Å². The van der Waals surface area contributed by atoms with Crippen LogP contribution in [0.5, 0.6) is 0 Å². The lowest BCUT2D eigenvalue weighted by Crippen LogP contribution is -2.40. The zero-order chi connectivity index (χ0) is 12.7. The number of rotatable bonds is 7. The fourth-order valence-electron chi connectivity index (χ4n) is 1.59. The molecule has 1 aromatic rings. The van der Waals surface area contributed by atoms with E-state index in [4.69, 9.17) is 0 Å². The molecule has 1 N–H and O–H groups in total. The van der Waals surface area contributed by atoms with Crippen molar-refractivity contribution in [2.75, 3.05) is 13.1 Å². The summed E-state index contributed by atoms with van der Waals surface area (Å²) in [6.07, 6.45) is 6.84. The van der Waals surface area contributed by atoms with E-state index in [0.29, 0.717) is 6.54 Å². The Balaban J connectivity index is 2.40. The Morgan fingerprint density at radius 2 is 1.88 bits per heavy atom. The van der Waals surface area contributed by atoms with Gasteiger partial charge in [-0.1, -0.05) is 19.8 Å². The first kappa shape index (κ1) is 13.7. The summed E-state index contributed by atoms with van der Waals surface area (Å²) in [6, 6.07) is 0. The topological polar surface area (TPSA) is 56.0 Å². The largest absolute Gasteiger partial charge is 0.316 e. The maximum absolute atomic E-state index is 11.6. The van der Waals surface area contributed by atoms with E-state index in [1.165, 1.54) is 22.0 Å². The fraction of sp³-hybridized carbons (Fsp3) is 0.667. The maximum atomic E-state index is 11.6. The Hall–Kier alpha value is -1.36. The highest BCUT2D eigenvalue weighted by atomic mass is 16.2. The molecule has 0 radical (unpaired) electrons. The molecule has 17 heavy (non-hydrogen) atoms. The number of nitrogens with zero attached hydrogens (tertiary/aromatic N) is 2. The fourth-order valence-corrected chi connectivity index (χ4v) is 1.59. The maximum Gasteiger partial charge on any atom is 0.316 e. The molecule has 0 unspecified atom stereocenters. The SMILES string of the molecule is CCCCCNCCn1ccn(C)c(=O)c1=O. The van der Waals surface area contributed by atoms with Gasteiger partial charge in [-0.25, -0.2) is 0 Å². The molecule has 0 saturated heterocycles. The van der Waals surface area contributed by atoms with Crippen LogP contribution in [-0.2, 0) is 13.6 Å². The molecule has 96 valence electrons. The molecule has 0 amide bonds. The van der Waals surface area contributed by atoms with E-state index in [-0.39, 0.29) is 0 Å². The molecule has 0 fully saturated rings. The molecule has 0 saturated carbocycles. The van der Waals surface area contributed by atoms with Crippen molar-refractivity contribution < 1.29 is 0 Å². The minimum Gasteiger partial charge on any atom is -0.315 e. The predicted octanol–water partition coefficient (Wildman–Crippen LogP) is 0.327. The summed E-state index contributed by atoms with van der Waals surface area (Å²) in [4.78, 5) is 22.9. The van der Waals surface area contributed by atoms with Crippen molar-refractivity contribution in [2.45, 2.75) is 32.7 Å². The third-order valence-electron chi connectivity index (χ3n) is 2.72. The number of aromatic nitrogens is 2. The zero-order valence-electron chi connectivity index (χ0n) is 10.6. The van der Waals surface area contributed by atoms with Crippen LogP contribution in [0.4, 0.5) is 0 Å². The Bertz CT molecular complexity index is 448. The number of nitrogens with one attached hydrogen (secondary N) is 1. The van der Waals surface area contributed by atoms with Crippen LogP contribution in [0.2, 0.25) is 0 Å². The van der Waals surface area contributed by atoms with E-state index in [1.807, 2.05) is 0 Å². The van der Waals surface area contributed by atoms with Gasteiger partial charge in [-0.2, -0.15) is 0 Å². The quantitative estimate of drug-likeness (QED) is 0.551. The minimum atomic E-state index is -0.474. The van der Waals surface area contributed by atoms with Crippen LogP contribution in [0.3, 0.4) is 0 Å². The summed E-state index contributed by atoms with van der Waals surface area (Å²) in [5.41, 5.74) is -0.927. The van der Waals surface area contributed by atoms with Crippen LogP contribution in [0.25, 0.3) is 0 Å². The number of hydrogen-bond donors (Lipinski definition) is 1. The van der Waals surface area contributed by atoms with Gasteiger partial charge in [0.05, 0.1) is 0 Å². The predicted molar refractivity (Wildman–Crippen MR) is 68.3 cm³/mol. The number of hydrogen-bond acceptors (Lipinski definition) is 3. The summed E-state index contributed by atoms with van der Waals surface area (Å²) in [5, 5.41) is 3.26. The summed E-state index contributed by atoms with van der Waals surface area (Å²) in [7, 11) is 1.58. The zero-order valence-corrected chi connectivity index (χ0v) is 10.6. The van der Waals surface area contributed by atoms with Crippen LogP contribution in [0, 0.1) is 0 Å². The average molecular weight is 239 g/mol. The van der Waals surface area contributed by atoms with Gasteiger partial charge in [-0.3, -0.25) is 9.59 Å². The van der Waals surface area contributed by atoms with E-state index in [9.17, 15) is 9.59 Å². The third kappa shape index (κ3) is 4.19. The Kier molecular flexibility index (Phi) is 5.69. The molecule has 0 aromatic carbocycles. The summed E-state index contributed by atoms with van der Waals surface area (Å²) in [5.74, 6) is 0. The van der Waals surface area contributed by atoms with Crippen molar-refractivity contribution in [2.24, 2.45) is 7.05 Å². The van der Waals surface area contributed by atoms with Gasteiger partial charge in [-0.15, -0.1) is 0 Å². The summed E-state index contributed by atoms with van der Waals surface area (Å²) >= 11 is 0. The normalized spacial score (nSPS) is 10.7. The molecule has 0 aliphatic heterocycles. The molecule has 0 spiro atoms. The number of aryl methyl sites for hydroxylation is 1. The van der Waals surface area contributed by atoms with Gasteiger partial charge in [0.15, 0.2) is 0 Å². The molecule has 0 aliphatic carbocycles. The van der Waals surface area contributed by atoms with Crippen LogP contribution in [0.1, 0.15) is 26.2 Å². The van der Waals surface area contributed by atoms with E-state index < -0.39 is 11.1 Å². The van der Waals surface area contributed by atoms with Crippen LogP contribution < -0.4 is 16.4 Å². The summed E-state index contributed by atoms with van der Waals surface area (Å²) < 4.78 is 2.75. The molecular weight excluding hydrogens is 218 g/mol. The van der Waals surface area contributed by atoms with Crippen molar-refractivity contribution in [1.29, 1.82) is 0 Å². The molecule has 5 heteroatoms. The molecule has 1 heterocycles. The smallest absolute Gasteiger partial charge is 0.315 e. The van der Waals surface area contributed by atoms with Crippen molar-refractivity contribution in [3.05, 3.63) is 33.1 Å². The second kappa shape index (κ2) is 7.06. The Morgan fingerprint density at radius 1 is 1.12 bits per heavy atom. The molecule has 5 nitrogen and oxygen atoms in total. The first-order valence-electron chi connectivity index (χ1n) is 6.13. The number of unbranched alkanes of at least 4 members (excludes halogenated alkanes) is 2. The lowest BCUT2D eigenvalue weighted by atomic mass is 10.2. The van der Waals surface area contributed by atoms with Crippen LogP contribution in [0.15, 0.2) is 22.0 Å².